The number of hydrogen-bond donors (Lipinski definition) is 1. The zero-order chi connectivity index (χ0) is 12.1. The molecule has 0 saturated carbocycles. The quantitative estimate of drug-likeness (QED) is 0.904. The second-order valence-electron chi connectivity index (χ2n) is 3.47. The van der Waals surface area contributed by atoms with E-state index in [0.717, 1.165) is 5.56 Å². The fraction of sp³-hybridized carbons (Fsp3) is 0.364. The third kappa shape index (κ3) is 3.79. The molecule has 1 rings (SSSR count). The number of halogens is 2. The first kappa shape index (κ1) is 13.5. The number of carboxylic acid groups (broad SMARTS) is 1. The van der Waals surface area contributed by atoms with Crippen LogP contribution in [0.25, 0.3) is 0 Å². The van der Waals surface area contributed by atoms with Crippen molar-refractivity contribution in [1.29, 1.82) is 0 Å². The van der Waals surface area contributed by atoms with Crippen molar-refractivity contribution < 1.29 is 14.3 Å². The molecule has 0 heterocycles. The molecule has 16 heavy (non-hydrogen) atoms. The fourth-order valence-electron chi connectivity index (χ4n) is 1.08. The minimum absolute atomic E-state index is 0.288. The van der Waals surface area contributed by atoms with Crippen LogP contribution in [0.4, 0.5) is 4.39 Å². The molecule has 0 fully saturated rings. The van der Waals surface area contributed by atoms with Gasteiger partial charge in [-0.05, 0) is 27.6 Å². The lowest BCUT2D eigenvalue weighted by molar-refractivity contribution is -0.140. The number of thioether (sulfide) groups is 1. The van der Waals surface area contributed by atoms with E-state index in [9.17, 15) is 9.18 Å². The van der Waals surface area contributed by atoms with E-state index in [4.69, 9.17) is 5.11 Å². The molecular weight excluding hydrogens is 295 g/mol. The molecule has 0 bridgehead atoms. The molecule has 0 aliphatic carbocycles. The Balaban J connectivity index is 2.49. The van der Waals surface area contributed by atoms with E-state index < -0.39 is 5.97 Å². The number of aliphatic carboxylic acids is 1. The monoisotopic (exact) mass is 306 g/mol. The van der Waals surface area contributed by atoms with Crippen molar-refractivity contribution in [3.8, 4) is 0 Å². The summed E-state index contributed by atoms with van der Waals surface area (Å²) in [6.07, 6.45) is 0. The largest absolute Gasteiger partial charge is 0.481 e. The Labute approximate surface area is 106 Å². The van der Waals surface area contributed by atoms with Gasteiger partial charge in [0.1, 0.15) is 5.82 Å². The van der Waals surface area contributed by atoms with Gasteiger partial charge >= 0.3 is 5.97 Å². The molecule has 1 N–H and O–H groups in total. The number of rotatable bonds is 5. The van der Waals surface area contributed by atoms with Crippen LogP contribution < -0.4 is 0 Å². The molecule has 0 saturated heterocycles. The zero-order valence-electron chi connectivity index (χ0n) is 8.74. The van der Waals surface area contributed by atoms with Crippen LogP contribution in [0.3, 0.4) is 0 Å². The minimum atomic E-state index is -0.800. The Bertz CT molecular complexity index is 384. The van der Waals surface area contributed by atoms with Gasteiger partial charge in [0.05, 0.1) is 10.4 Å². The van der Waals surface area contributed by atoms with E-state index >= 15 is 0 Å². The van der Waals surface area contributed by atoms with Gasteiger partial charge < -0.3 is 5.11 Å². The molecule has 1 atom stereocenters. The van der Waals surface area contributed by atoms with E-state index in [1.54, 1.807) is 13.0 Å². The molecular formula is C11H12BrFO2S. The topological polar surface area (TPSA) is 37.3 Å². The molecule has 2 nitrogen and oxygen atoms in total. The molecule has 0 aliphatic heterocycles. The predicted octanol–water partition coefficient (Wildman–Crippen LogP) is 3.54. The summed E-state index contributed by atoms with van der Waals surface area (Å²) < 4.78 is 13.6. The summed E-state index contributed by atoms with van der Waals surface area (Å²) in [5, 5.41) is 8.70. The Morgan fingerprint density at radius 2 is 2.31 bits per heavy atom. The normalized spacial score (nSPS) is 12.4. The highest BCUT2D eigenvalue weighted by Gasteiger charge is 2.11. The molecule has 0 radical (unpaired) electrons. The van der Waals surface area contributed by atoms with Crippen LogP contribution in [0.1, 0.15) is 12.5 Å². The molecule has 1 unspecified atom stereocenters. The number of benzene rings is 1. The standard InChI is InChI=1S/C11H12BrFO2S/c1-7(11(14)15)5-16-6-8-3-2-4-9(13)10(8)12/h2-4,7H,5-6H2,1H3,(H,14,15). The van der Waals surface area contributed by atoms with Crippen molar-refractivity contribution in [2.75, 3.05) is 5.75 Å². The highest BCUT2D eigenvalue weighted by atomic mass is 79.9. The highest BCUT2D eigenvalue weighted by molar-refractivity contribution is 9.10. The number of carboxylic acids is 1. The van der Waals surface area contributed by atoms with Crippen molar-refractivity contribution in [3.63, 3.8) is 0 Å². The molecule has 0 aromatic heterocycles. The molecule has 5 heteroatoms. The van der Waals surface area contributed by atoms with E-state index in [2.05, 4.69) is 15.9 Å². The van der Waals surface area contributed by atoms with Gasteiger partial charge in [0.25, 0.3) is 0 Å². The van der Waals surface area contributed by atoms with E-state index in [1.807, 2.05) is 6.07 Å². The van der Waals surface area contributed by atoms with Crippen LogP contribution in [-0.2, 0) is 10.5 Å². The molecule has 0 spiro atoms. The van der Waals surface area contributed by atoms with Crippen molar-refractivity contribution in [2.45, 2.75) is 12.7 Å². The first-order valence-corrected chi connectivity index (χ1v) is 6.70. The van der Waals surface area contributed by atoms with Crippen LogP contribution in [-0.4, -0.2) is 16.8 Å². The average molecular weight is 307 g/mol. The van der Waals surface area contributed by atoms with Crippen molar-refractivity contribution >= 4 is 33.7 Å². The molecule has 0 aliphatic rings. The van der Waals surface area contributed by atoms with E-state index in [1.165, 1.54) is 17.8 Å². The summed E-state index contributed by atoms with van der Waals surface area (Å²) in [5.41, 5.74) is 0.850. The van der Waals surface area contributed by atoms with Gasteiger partial charge in [0.2, 0.25) is 0 Å². The van der Waals surface area contributed by atoms with Crippen molar-refractivity contribution in [3.05, 3.63) is 34.1 Å². The van der Waals surface area contributed by atoms with Gasteiger partial charge in [-0.15, -0.1) is 0 Å². The maximum Gasteiger partial charge on any atom is 0.307 e. The lowest BCUT2D eigenvalue weighted by Crippen LogP contribution is -2.11. The number of hydrogen-bond acceptors (Lipinski definition) is 2. The summed E-state index contributed by atoms with van der Waals surface area (Å²) in [5.74, 6) is -0.332. The minimum Gasteiger partial charge on any atom is -0.481 e. The van der Waals surface area contributed by atoms with E-state index in [-0.39, 0.29) is 11.7 Å². The van der Waals surface area contributed by atoms with Gasteiger partial charge in [0, 0.05) is 11.5 Å². The fourth-order valence-corrected chi connectivity index (χ4v) is 2.74. The van der Waals surface area contributed by atoms with Crippen LogP contribution >= 0.6 is 27.7 Å². The SMILES string of the molecule is CC(CSCc1cccc(F)c1Br)C(=O)O. The Morgan fingerprint density at radius 1 is 1.62 bits per heavy atom. The van der Waals surface area contributed by atoms with Crippen LogP contribution in [0, 0.1) is 11.7 Å². The molecule has 1 aromatic carbocycles. The third-order valence-corrected chi connectivity index (χ3v) is 4.22. The smallest absolute Gasteiger partial charge is 0.307 e. The Hall–Kier alpha value is -0.550. The van der Waals surface area contributed by atoms with Crippen molar-refractivity contribution in [1.82, 2.24) is 0 Å². The highest BCUT2D eigenvalue weighted by Crippen LogP contribution is 2.25. The maximum atomic E-state index is 13.1. The maximum absolute atomic E-state index is 13.1. The van der Waals surface area contributed by atoms with Gasteiger partial charge in [-0.25, -0.2) is 4.39 Å². The summed E-state index contributed by atoms with van der Waals surface area (Å²) in [6.45, 7) is 1.66. The lowest BCUT2D eigenvalue weighted by Gasteiger charge is -2.07. The second-order valence-corrected chi connectivity index (χ2v) is 5.29. The van der Waals surface area contributed by atoms with Crippen LogP contribution in [0.5, 0.6) is 0 Å². The predicted molar refractivity (Wildman–Crippen MR) is 67.1 cm³/mol. The summed E-state index contributed by atoms with van der Waals surface area (Å²) >= 11 is 4.66. The average Bonchev–Trinajstić information content (AvgIpc) is 2.24. The van der Waals surface area contributed by atoms with Gasteiger partial charge in [-0.1, -0.05) is 19.1 Å². The summed E-state index contributed by atoms with van der Waals surface area (Å²) in [4.78, 5) is 10.6. The van der Waals surface area contributed by atoms with Crippen LogP contribution in [0.15, 0.2) is 22.7 Å². The molecule has 0 amide bonds. The first-order valence-electron chi connectivity index (χ1n) is 4.75. The van der Waals surface area contributed by atoms with Gasteiger partial charge in [-0.2, -0.15) is 11.8 Å². The first-order chi connectivity index (χ1) is 7.52. The third-order valence-electron chi connectivity index (χ3n) is 2.08. The van der Waals surface area contributed by atoms with Crippen molar-refractivity contribution in [2.24, 2.45) is 5.92 Å². The summed E-state index contributed by atoms with van der Waals surface area (Å²) in [7, 11) is 0. The van der Waals surface area contributed by atoms with Gasteiger partial charge in [0.15, 0.2) is 0 Å². The summed E-state index contributed by atoms with van der Waals surface area (Å²) in [6, 6.07) is 4.86. The molecule has 88 valence electrons. The van der Waals surface area contributed by atoms with Crippen LogP contribution in [0.2, 0.25) is 0 Å². The van der Waals surface area contributed by atoms with E-state index in [0.29, 0.717) is 16.0 Å². The Morgan fingerprint density at radius 3 is 2.94 bits per heavy atom. The van der Waals surface area contributed by atoms with Gasteiger partial charge in [-0.3, -0.25) is 4.79 Å². The number of carbonyl (C=O) groups is 1. The Kier molecular flexibility index (Phi) is 5.28. The second kappa shape index (κ2) is 6.25. The zero-order valence-corrected chi connectivity index (χ0v) is 11.1. The molecule has 1 aromatic rings. The lowest BCUT2D eigenvalue weighted by atomic mass is 10.2.